The first-order valence-corrected chi connectivity index (χ1v) is 8.15. The van der Waals surface area contributed by atoms with E-state index in [1.165, 1.54) is 10.6 Å². The number of rotatable bonds is 4. The SMILES string of the molecule is Cc1nc2ccc(NC(=O)c3cc(Br)cn(CCN)c3=O)cc2[nH]1. The van der Waals surface area contributed by atoms with E-state index in [1.54, 1.807) is 18.3 Å². The first-order chi connectivity index (χ1) is 11.5. The van der Waals surface area contributed by atoms with Crippen molar-refractivity contribution in [3.63, 3.8) is 0 Å². The molecule has 0 atom stereocenters. The summed E-state index contributed by atoms with van der Waals surface area (Å²) in [4.78, 5) is 32.3. The van der Waals surface area contributed by atoms with Gasteiger partial charge in [0.1, 0.15) is 11.4 Å². The van der Waals surface area contributed by atoms with E-state index in [4.69, 9.17) is 5.73 Å². The van der Waals surface area contributed by atoms with Gasteiger partial charge < -0.3 is 20.6 Å². The lowest BCUT2D eigenvalue weighted by Crippen LogP contribution is -2.30. The summed E-state index contributed by atoms with van der Waals surface area (Å²) >= 11 is 3.31. The second-order valence-corrected chi connectivity index (χ2v) is 6.28. The number of halogens is 1. The molecule has 8 heteroatoms. The van der Waals surface area contributed by atoms with Crippen molar-refractivity contribution in [2.24, 2.45) is 5.73 Å². The van der Waals surface area contributed by atoms with Crippen LogP contribution in [-0.2, 0) is 6.54 Å². The van der Waals surface area contributed by atoms with Crippen molar-refractivity contribution < 1.29 is 4.79 Å². The highest BCUT2D eigenvalue weighted by atomic mass is 79.9. The van der Waals surface area contributed by atoms with Crippen LogP contribution in [0, 0.1) is 6.92 Å². The fourth-order valence-corrected chi connectivity index (χ4v) is 2.96. The summed E-state index contributed by atoms with van der Waals surface area (Å²) in [5.41, 5.74) is 7.40. The third-order valence-corrected chi connectivity index (χ3v) is 3.96. The molecule has 3 aromatic rings. The molecule has 4 N–H and O–H groups in total. The highest BCUT2D eigenvalue weighted by Gasteiger charge is 2.14. The lowest BCUT2D eigenvalue weighted by atomic mass is 10.2. The normalized spacial score (nSPS) is 11.0. The second-order valence-electron chi connectivity index (χ2n) is 5.37. The van der Waals surface area contributed by atoms with Crippen LogP contribution in [-0.4, -0.2) is 27.0 Å². The number of aryl methyl sites for hydroxylation is 1. The molecule has 0 saturated carbocycles. The van der Waals surface area contributed by atoms with Gasteiger partial charge in [-0.3, -0.25) is 9.59 Å². The first-order valence-electron chi connectivity index (χ1n) is 7.35. The van der Waals surface area contributed by atoms with Crippen LogP contribution >= 0.6 is 15.9 Å². The maximum Gasteiger partial charge on any atom is 0.263 e. The van der Waals surface area contributed by atoms with Gasteiger partial charge in [0.2, 0.25) is 0 Å². The van der Waals surface area contributed by atoms with Crippen molar-refractivity contribution in [3.8, 4) is 0 Å². The van der Waals surface area contributed by atoms with E-state index in [-0.39, 0.29) is 11.1 Å². The Hall–Kier alpha value is -2.45. The van der Waals surface area contributed by atoms with Gasteiger partial charge >= 0.3 is 0 Å². The molecule has 0 unspecified atom stereocenters. The average Bonchev–Trinajstić information content (AvgIpc) is 2.90. The van der Waals surface area contributed by atoms with Crippen LogP contribution < -0.4 is 16.6 Å². The fourth-order valence-electron chi connectivity index (χ4n) is 2.48. The number of aromatic nitrogens is 3. The Labute approximate surface area is 146 Å². The maximum absolute atomic E-state index is 12.5. The van der Waals surface area contributed by atoms with Crippen molar-refractivity contribution >= 4 is 38.6 Å². The van der Waals surface area contributed by atoms with Crippen molar-refractivity contribution in [1.82, 2.24) is 14.5 Å². The van der Waals surface area contributed by atoms with Crippen molar-refractivity contribution in [2.75, 3.05) is 11.9 Å². The number of anilines is 1. The van der Waals surface area contributed by atoms with Gasteiger partial charge in [0.25, 0.3) is 11.5 Å². The smallest absolute Gasteiger partial charge is 0.263 e. The van der Waals surface area contributed by atoms with Crippen molar-refractivity contribution in [3.05, 3.63) is 56.7 Å². The molecule has 0 aliphatic heterocycles. The van der Waals surface area contributed by atoms with Gasteiger partial charge in [0, 0.05) is 29.4 Å². The second kappa shape index (κ2) is 6.58. The summed E-state index contributed by atoms with van der Waals surface area (Å²) in [6, 6.07) is 6.84. The number of carbonyl (C=O) groups excluding carboxylic acids is 1. The highest BCUT2D eigenvalue weighted by Crippen LogP contribution is 2.18. The molecular weight excluding hydrogens is 374 g/mol. The van der Waals surface area contributed by atoms with E-state index in [0.29, 0.717) is 23.2 Å². The van der Waals surface area contributed by atoms with E-state index < -0.39 is 5.91 Å². The molecule has 1 aromatic carbocycles. The number of amides is 1. The Morgan fingerprint density at radius 3 is 2.96 bits per heavy atom. The number of carbonyl (C=O) groups is 1. The fraction of sp³-hybridized carbons (Fsp3) is 0.188. The van der Waals surface area contributed by atoms with E-state index in [1.807, 2.05) is 13.0 Å². The summed E-state index contributed by atoms with van der Waals surface area (Å²) in [5.74, 6) is 0.327. The van der Waals surface area contributed by atoms with E-state index in [2.05, 4.69) is 31.2 Å². The molecule has 0 bridgehead atoms. The number of nitrogens with zero attached hydrogens (tertiary/aromatic N) is 2. The van der Waals surface area contributed by atoms with E-state index >= 15 is 0 Å². The van der Waals surface area contributed by atoms with Crippen molar-refractivity contribution in [2.45, 2.75) is 13.5 Å². The van der Waals surface area contributed by atoms with Crippen LogP contribution in [0.25, 0.3) is 11.0 Å². The highest BCUT2D eigenvalue weighted by molar-refractivity contribution is 9.10. The zero-order valence-corrected chi connectivity index (χ0v) is 14.6. The lowest BCUT2D eigenvalue weighted by Gasteiger charge is -2.09. The van der Waals surface area contributed by atoms with Crippen LogP contribution in [0.15, 0.2) is 39.7 Å². The molecule has 0 aliphatic carbocycles. The number of benzene rings is 1. The summed E-state index contributed by atoms with van der Waals surface area (Å²) in [6.45, 7) is 2.52. The molecule has 0 saturated heterocycles. The van der Waals surface area contributed by atoms with Crippen LogP contribution in [0.3, 0.4) is 0 Å². The lowest BCUT2D eigenvalue weighted by molar-refractivity contribution is 0.102. The molecule has 124 valence electrons. The maximum atomic E-state index is 12.5. The molecule has 2 heterocycles. The first kappa shape index (κ1) is 16.4. The van der Waals surface area contributed by atoms with Gasteiger partial charge in [-0.05, 0) is 47.1 Å². The molecule has 3 rings (SSSR count). The average molecular weight is 390 g/mol. The van der Waals surface area contributed by atoms with E-state index in [9.17, 15) is 9.59 Å². The van der Waals surface area contributed by atoms with Crippen LogP contribution in [0.2, 0.25) is 0 Å². The van der Waals surface area contributed by atoms with Gasteiger partial charge in [-0.1, -0.05) is 0 Å². The summed E-state index contributed by atoms with van der Waals surface area (Å²) in [6.07, 6.45) is 1.62. The van der Waals surface area contributed by atoms with Crippen molar-refractivity contribution in [1.29, 1.82) is 0 Å². The van der Waals surface area contributed by atoms with E-state index in [0.717, 1.165) is 16.9 Å². The van der Waals surface area contributed by atoms with Crippen LogP contribution in [0.4, 0.5) is 5.69 Å². The third kappa shape index (κ3) is 3.24. The Morgan fingerprint density at radius 2 is 2.21 bits per heavy atom. The zero-order valence-electron chi connectivity index (χ0n) is 13.0. The molecule has 0 fully saturated rings. The molecular formula is C16H16BrN5O2. The quantitative estimate of drug-likeness (QED) is 0.634. The predicted octanol–water partition coefficient (Wildman–Crippen LogP) is 2.01. The standard InChI is InChI=1S/C16H16BrN5O2/c1-9-19-13-3-2-11(7-14(13)20-9)21-15(23)12-6-10(17)8-22(5-4-18)16(12)24/h2-3,6-8H,4-5,18H2,1H3,(H,19,20)(H,21,23). The number of aromatic amines is 1. The Kier molecular flexibility index (Phi) is 4.50. The van der Waals surface area contributed by atoms with Crippen LogP contribution in [0.5, 0.6) is 0 Å². The summed E-state index contributed by atoms with van der Waals surface area (Å²) in [5, 5.41) is 2.74. The van der Waals surface area contributed by atoms with Gasteiger partial charge in [0.05, 0.1) is 11.0 Å². The number of hydrogen-bond acceptors (Lipinski definition) is 4. The monoisotopic (exact) mass is 389 g/mol. The minimum Gasteiger partial charge on any atom is -0.342 e. The Balaban J connectivity index is 1.92. The molecule has 2 aromatic heterocycles. The zero-order chi connectivity index (χ0) is 17.3. The summed E-state index contributed by atoms with van der Waals surface area (Å²) in [7, 11) is 0. The molecule has 0 radical (unpaired) electrons. The third-order valence-electron chi connectivity index (χ3n) is 3.53. The number of nitrogens with one attached hydrogen (secondary N) is 2. The molecule has 1 amide bonds. The summed E-state index contributed by atoms with van der Waals surface area (Å²) < 4.78 is 2.06. The van der Waals surface area contributed by atoms with Gasteiger partial charge in [0.15, 0.2) is 0 Å². The topological polar surface area (TPSA) is 106 Å². The van der Waals surface area contributed by atoms with Gasteiger partial charge in [-0.25, -0.2) is 4.98 Å². The molecule has 7 nitrogen and oxygen atoms in total. The predicted molar refractivity (Wildman–Crippen MR) is 96.2 cm³/mol. The Bertz CT molecular complexity index is 976. The molecule has 0 spiro atoms. The minimum absolute atomic E-state index is 0.0544. The number of H-pyrrole nitrogens is 1. The number of pyridine rings is 1. The largest absolute Gasteiger partial charge is 0.342 e. The number of fused-ring (bicyclic) bond motifs is 1. The van der Waals surface area contributed by atoms with Gasteiger partial charge in [-0.15, -0.1) is 0 Å². The number of imidazole rings is 1. The Morgan fingerprint density at radius 1 is 1.42 bits per heavy atom. The minimum atomic E-state index is -0.470. The molecule has 0 aliphatic rings. The number of nitrogens with two attached hydrogens (primary N) is 1. The van der Waals surface area contributed by atoms with Crippen LogP contribution in [0.1, 0.15) is 16.2 Å². The molecule has 24 heavy (non-hydrogen) atoms. The van der Waals surface area contributed by atoms with Gasteiger partial charge in [-0.2, -0.15) is 0 Å². The number of hydrogen-bond donors (Lipinski definition) is 3.